The van der Waals surface area contributed by atoms with Crippen LogP contribution in [0.2, 0.25) is 0 Å². The fraction of sp³-hybridized carbons (Fsp3) is 1.00. The van der Waals surface area contributed by atoms with E-state index >= 15 is 0 Å². The molecule has 90 valence electrons. The third kappa shape index (κ3) is 3.46. The SMILES string of the molecule is CNCCC(C)(O)C1CCC(C)C(C)C1. The predicted octanol–water partition coefficient (Wildman–Crippen LogP) is 2.42. The molecule has 0 aromatic rings. The van der Waals surface area contributed by atoms with Crippen molar-refractivity contribution in [2.75, 3.05) is 13.6 Å². The lowest BCUT2D eigenvalue weighted by molar-refractivity contribution is -0.0374. The normalized spacial score (nSPS) is 36.2. The lowest BCUT2D eigenvalue weighted by Crippen LogP contribution is -2.40. The van der Waals surface area contributed by atoms with Gasteiger partial charge in [0.1, 0.15) is 0 Å². The van der Waals surface area contributed by atoms with E-state index in [2.05, 4.69) is 19.2 Å². The monoisotopic (exact) mass is 213 g/mol. The first-order valence-corrected chi connectivity index (χ1v) is 6.34. The molecule has 2 heteroatoms. The maximum Gasteiger partial charge on any atom is 0.0660 e. The van der Waals surface area contributed by atoms with Crippen LogP contribution in [0.5, 0.6) is 0 Å². The van der Waals surface area contributed by atoms with Crippen molar-refractivity contribution in [2.45, 2.75) is 52.1 Å². The van der Waals surface area contributed by atoms with Gasteiger partial charge in [0.15, 0.2) is 0 Å². The minimum atomic E-state index is -0.475. The summed E-state index contributed by atoms with van der Waals surface area (Å²) in [6, 6.07) is 0. The molecule has 0 aliphatic heterocycles. The molecule has 0 spiro atoms. The summed E-state index contributed by atoms with van der Waals surface area (Å²) in [4.78, 5) is 0. The molecule has 1 aliphatic carbocycles. The van der Waals surface area contributed by atoms with Gasteiger partial charge in [-0.1, -0.05) is 20.3 Å². The van der Waals surface area contributed by atoms with Crippen molar-refractivity contribution in [1.29, 1.82) is 0 Å². The second kappa shape index (κ2) is 5.31. The minimum Gasteiger partial charge on any atom is -0.390 e. The van der Waals surface area contributed by atoms with Crippen LogP contribution < -0.4 is 5.32 Å². The van der Waals surface area contributed by atoms with Crippen LogP contribution in [0.1, 0.15) is 46.5 Å². The number of hydrogen-bond donors (Lipinski definition) is 2. The number of rotatable bonds is 4. The molecule has 0 saturated heterocycles. The van der Waals surface area contributed by atoms with Crippen molar-refractivity contribution in [3.8, 4) is 0 Å². The highest BCUT2D eigenvalue weighted by Crippen LogP contribution is 2.39. The van der Waals surface area contributed by atoms with Gasteiger partial charge in [0, 0.05) is 0 Å². The smallest absolute Gasteiger partial charge is 0.0660 e. The molecule has 0 aromatic heterocycles. The van der Waals surface area contributed by atoms with E-state index in [9.17, 15) is 5.11 Å². The van der Waals surface area contributed by atoms with Crippen molar-refractivity contribution in [3.63, 3.8) is 0 Å². The Balaban J connectivity index is 2.48. The van der Waals surface area contributed by atoms with Crippen molar-refractivity contribution in [3.05, 3.63) is 0 Å². The van der Waals surface area contributed by atoms with E-state index in [4.69, 9.17) is 0 Å². The van der Waals surface area contributed by atoms with Crippen molar-refractivity contribution < 1.29 is 5.11 Å². The summed E-state index contributed by atoms with van der Waals surface area (Å²) in [7, 11) is 1.95. The van der Waals surface area contributed by atoms with Crippen molar-refractivity contribution >= 4 is 0 Å². The Kier molecular flexibility index (Phi) is 4.60. The average Bonchev–Trinajstić information content (AvgIpc) is 2.19. The van der Waals surface area contributed by atoms with Gasteiger partial charge in [0.25, 0.3) is 0 Å². The Morgan fingerprint density at radius 2 is 1.93 bits per heavy atom. The highest BCUT2D eigenvalue weighted by Gasteiger charge is 2.36. The van der Waals surface area contributed by atoms with Crippen molar-refractivity contribution in [2.24, 2.45) is 17.8 Å². The zero-order chi connectivity index (χ0) is 11.5. The molecule has 1 rings (SSSR count). The molecule has 0 bridgehead atoms. The lowest BCUT2D eigenvalue weighted by atomic mass is 9.69. The van der Waals surface area contributed by atoms with Crippen LogP contribution in [0.25, 0.3) is 0 Å². The fourth-order valence-electron chi connectivity index (χ4n) is 2.69. The van der Waals surface area contributed by atoms with Gasteiger partial charge in [-0.25, -0.2) is 0 Å². The van der Waals surface area contributed by atoms with Crippen LogP contribution in [0.4, 0.5) is 0 Å². The molecular weight excluding hydrogens is 186 g/mol. The minimum absolute atomic E-state index is 0.475. The van der Waals surface area contributed by atoms with E-state index < -0.39 is 5.60 Å². The molecule has 4 atom stereocenters. The van der Waals surface area contributed by atoms with E-state index in [1.165, 1.54) is 19.3 Å². The largest absolute Gasteiger partial charge is 0.390 e. The van der Waals surface area contributed by atoms with Gasteiger partial charge in [0.05, 0.1) is 5.60 Å². The molecule has 15 heavy (non-hydrogen) atoms. The van der Waals surface area contributed by atoms with Gasteiger partial charge in [-0.2, -0.15) is 0 Å². The Morgan fingerprint density at radius 1 is 1.27 bits per heavy atom. The molecule has 2 nitrogen and oxygen atoms in total. The maximum absolute atomic E-state index is 10.4. The molecule has 0 radical (unpaired) electrons. The Bertz CT molecular complexity index is 191. The van der Waals surface area contributed by atoms with Crippen LogP contribution in [0.3, 0.4) is 0 Å². The van der Waals surface area contributed by atoms with Crippen molar-refractivity contribution in [1.82, 2.24) is 5.32 Å². The number of aliphatic hydroxyl groups is 1. The Hall–Kier alpha value is -0.0800. The molecule has 0 heterocycles. The van der Waals surface area contributed by atoms with E-state index in [0.717, 1.165) is 24.8 Å². The third-order valence-electron chi connectivity index (χ3n) is 4.36. The summed E-state index contributed by atoms with van der Waals surface area (Å²) in [6.45, 7) is 7.58. The van der Waals surface area contributed by atoms with Gasteiger partial charge < -0.3 is 10.4 Å². The topological polar surface area (TPSA) is 32.3 Å². The summed E-state index contributed by atoms with van der Waals surface area (Å²) in [5.74, 6) is 2.10. The first kappa shape index (κ1) is 13.0. The van der Waals surface area contributed by atoms with Crippen LogP contribution in [-0.2, 0) is 0 Å². The van der Waals surface area contributed by atoms with E-state index in [1.807, 2.05) is 14.0 Å². The lowest BCUT2D eigenvalue weighted by Gasteiger charge is -2.40. The summed E-state index contributed by atoms with van der Waals surface area (Å²) >= 11 is 0. The molecule has 2 N–H and O–H groups in total. The zero-order valence-corrected chi connectivity index (χ0v) is 10.7. The van der Waals surface area contributed by atoms with Crippen LogP contribution in [-0.4, -0.2) is 24.3 Å². The van der Waals surface area contributed by atoms with Crippen LogP contribution >= 0.6 is 0 Å². The molecule has 0 aromatic carbocycles. The van der Waals surface area contributed by atoms with E-state index in [0.29, 0.717) is 5.92 Å². The summed E-state index contributed by atoms with van der Waals surface area (Å²) < 4.78 is 0. The van der Waals surface area contributed by atoms with Gasteiger partial charge in [-0.05, 0) is 57.5 Å². The quantitative estimate of drug-likeness (QED) is 0.751. The van der Waals surface area contributed by atoms with Gasteiger partial charge >= 0.3 is 0 Å². The molecule has 1 fully saturated rings. The highest BCUT2D eigenvalue weighted by atomic mass is 16.3. The Morgan fingerprint density at radius 3 is 2.47 bits per heavy atom. The summed E-state index contributed by atoms with van der Waals surface area (Å²) in [5, 5.41) is 13.6. The third-order valence-corrected chi connectivity index (χ3v) is 4.36. The predicted molar refractivity (Wildman–Crippen MR) is 64.8 cm³/mol. The van der Waals surface area contributed by atoms with Crippen LogP contribution in [0.15, 0.2) is 0 Å². The summed E-state index contributed by atoms with van der Waals surface area (Å²) in [6.07, 6.45) is 4.54. The number of hydrogen-bond acceptors (Lipinski definition) is 2. The first-order valence-electron chi connectivity index (χ1n) is 6.34. The first-order chi connectivity index (χ1) is 6.97. The van der Waals surface area contributed by atoms with Gasteiger partial charge in [-0.15, -0.1) is 0 Å². The molecular formula is C13H27NO. The molecule has 1 aliphatic rings. The average molecular weight is 213 g/mol. The fourth-order valence-corrected chi connectivity index (χ4v) is 2.69. The summed E-state index contributed by atoms with van der Waals surface area (Å²) in [5.41, 5.74) is -0.475. The van der Waals surface area contributed by atoms with Gasteiger partial charge in [-0.3, -0.25) is 0 Å². The van der Waals surface area contributed by atoms with E-state index in [1.54, 1.807) is 0 Å². The van der Waals surface area contributed by atoms with Crippen LogP contribution in [0, 0.1) is 17.8 Å². The second-order valence-electron chi connectivity index (χ2n) is 5.68. The molecule has 4 unspecified atom stereocenters. The maximum atomic E-state index is 10.4. The molecule has 1 saturated carbocycles. The zero-order valence-electron chi connectivity index (χ0n) is 10.7. The standard InChI is InChI=1S/C13H27NO/c1-10-5-6-12(9-11(10)2)13(3,15)7-8-14-4/h10-12,14-15H,5-9H2,1-4H3. The second-order valence-corrected chi connectivity index (χ2v) is 5.68. The van der Waals surface area contributed by atoms with Gasteiger partial charge in [0.2, 0.25) is 0 Å². The van der Waals surface area contributed by atoms with E-state index in [-0.39, 0.29) is 0 Å². The Labute approximate surface area is 94.5 Å². The number of nitrogens with one attached hydrogen (secondary N) is 1. The highest BCUT2D eigenvalue weighted by molar-refractivity contribution is 4.88. The molecule has 0 amide bonds.